The lowest BCUT2D eigenvalue weighted by Gasteiger charge is -2.18. The molecule has 1 amide bonds. The third-order valence-electron chi connectivity index (χ3n) is 4.16. The quantitative estimate of drug-likeness (QED) is 0.750. The summed E-state index contributed by atoms with van der Waals surface area (Å²) in [6, 6.07) is 4.29. The SMILES string of the molecule is CNCC1CCN(C(=O)c2ccc(OC)c(S(=O)(=O)NC(C)C)c2)C1. The molecule has 0 aliphatic carbocycles. The number of ether oxygens (including phenoxy) is 1. The molecule has 1 aromatic carbocycles. The van der Waals surface area contributed by atoms with Crippen molar-refractivity contribution in [2.75, 3.05) is 33.8 Å². The number of sulfonamides is 1. The van der Waals surface area contributed by atoms with Crippen LogP contribution >= 0.6 is 0 Å². The van der Waals surface area contributed by atoms with E-state index in [1.165, 1.54) is 19.2 Å². The maximum Gasteiger partial charge on any atom is 0.253 e. The van der Waals surface area contributed by atoms with E-state index in [0.717, 1.165) is 13.0 Å². The summed E-state index contributed by atoms with van der Waals surface area (Å²) >= 11 is 0. The summed E-state index contributed by atoms with van der Waals surface area (Å²) in [6.45, 7) is 5.71. The predicted molar refractivity (Wildman–Crippen MR) is 96.4 cm³/mol. The highest BCUT2D eigenvalue weighted by molar-refractivity contribution is 7.89. The van der Waals surface area contributed by atoms with Crippen LogP contribution in [0.5, 0.6) is 5.75 Å². The zero-order valence-corrected chi connectivity index (χ0v) is 16.0. The average molecular weight is 369 g/mol. The van der Waals surface area contributed by atoms with Gasteiger partial charge in [-0.3, -0.25) is 4.79 Å². The molecular formula is C17H27N3O4S. The van der Waals surface area contributed by atoms with Crippen LogP contribution in [0.2, 0.25) is 0 Å². The zero-order valence-electron chi connectivity index (χ0n) is 15.2. The highest BCUT2D eigenvalue weighted by Crippen LogP contribution is 2.27. The molecule has 2 rings (SSSR count). The minimum Gasteiger partial charge on any atom is -0.495 e. The van der Waals surface area contributed by atoms with Crippen molar-refractivity contribution in [3.63, 3.8) is 0 Å². The Morgan fingerprint density at radius 1 is 1.40 bits per heavy atom. The first kappa shape index (κ1) is 19.7. The molecule has 2 N–H and O–H groups in total. The van der Waals surface area contributed by atoms with E-state index in [-0.39, 0.29) is 22.6 Å². The van der Waals surface area contributed by atoms with Gasteiger partial charge in [0, 0.05) is 24.7 Å². The smallest absolute Gasteiger partial charge is 0.253 e. The predicted octanol–water partition coefficient (Wildman–Crippen LogP) is 1.06. The molecule has 1 unspecified atom stereocenters. The molecule has 0 spiro atoms. The van der Waals surface area contributed by atoms with Crippen LogP contribution < -0.4 is 14.8 Å². The second-order valence-corrected chi connectivity index (χ2v) is 8.29. The third kappa shape index (κ3) is 4.71. The first-order valence-corrected chi connectivity index (χ1v) is 9.91. The van der Waals surface area contributed by atoms with E-state index in [2.05, 4.69) is 10.0 Å². The Kier molecular flexibility index (Phi) is 6.42. The fourth-order valence-corrected chi connectivity index (χ4v) is 4.49. The van der Waals surface area contributed by atoms with E-state index in [9.17, 15) is 13.2 Å². The molecule has 0 saturated carbocycles. The van der Waals surface area contributed by atoms with Crippen molar-refractivity contribution in [2.45, 2.75) is 31.2 Å². The molecule has 0 aromatic heterocycles. The average Bonchev–Trinajstić information content (AvgIpc) is 3.01. The minimum absolute atomic E-state index is 0.0134. The first-order chi connectivity index (χ1) is 11.8. The van der Waals surface area contributed by atoms with E-state index in [4.69, 9.17) is 4.74 Å². The Hall–Kier alpha value is -1.64. The van der Waals surface area contributed by atoms with Gasteiger partial charge in [0.05, 0.1) is 7.11 Å². The number of hydrogen-bond acceptors (Lipinski definition) is 5. The Labute approximate surface area is 149 Å². The van der Waals surface area contributed by atoms with Gasteiger partial charge in [0.1, 0.15) is 10.6 Å². The zero-order chi connectivity index (χ0) is 18.6. The van der Waals surface area contributed by atoms with E-state index >= 15 is 0 Å². The van der Waals surface area contributed by atoms with Crippen LogP contribution in [0.15, 0.2) is 23.1 Å². The molecule has 140 valence electrons. The van der Waals surface area contributed by atoms with Crippen molar-refractivity contribution in [1.82, 2.24) is 14.9 Å². The number of benzene rings is 1. The van der Waals surface area contributed by atoms with Gasteiger partial charge in [-0.1, -0.05) is 0 Å². The summed E-state index contributed by atoms with van der Waals surface area (Å²) in [6.07, 6.45) is 0.947. The lowest BCUT2D eigenvalue weighted by Crippen LogP contribution is -2.32. The number of amides is 1. The summed E-state index contributed by atoms with van der Waals surface area (Å²) in [4.78, 5) is 14.5. The molecule has 1 saturated heterocycles. The molecule has 7 nitrogen and oxygen atoms in total. The van der Waals surface area contributed by atoms with Gasteiger partial charge in [0.25, 0.3) is 5.91 Å². The molecule has 1 aliphatic rings. The van der Waals surface area contributed by atoms with E-state index < -0.39 is 10.0 Å². The normalized spacial score (nSPS) is 18.0. The van der Waals surface area contributed by atoms with Crippen LogP contribution in [0.4, 0.5) is 0 Å². The second kappa shape index (κ2) is 8.16. The Morgan fingerprint density at radius 2 is 2.12 bits per heavy atom. The van der Waals surface area contributed by atoms with Crippen LogP contribution in [-0.4, -0.2) is 59.1 Å². The number of nitrogens with zero attached hydrogens (tertiary/aromatic N) is 1. The van der Waals surface area contributed by atoms with Gasteiger partial charge >= 0.3 is 0 Å². The van der Waals surface area contributed by atoms with Gasteiger partial charge < -0.3 is 15.0 Å². The highest BCUT2D eigenvalue weighted by Gasteiger charge is 2.28. The molecule has 1 heterocycles. The molecular weight excluding hydrogens is 342 g/mol. The minimum atomic E-state index is -3.76. The van der Waals surface area contributed by atoms with Gasteiger partial charge in [-0.25, -0.2) is 13.1 Å². The second-order valence-electron chi connectivity index (χ2n) is 6.61. The molecule has 8 heteroatoms. The van der Waals surface area contributed by atoms with Crippen LogP contribution in [0.1, 0.15) is 30.6 Å². The van der Waals surface area contributed by atoms with Crippen molar-refractivity contribution in [1.29, 1.82) is 0 Å². The van der Waals surface area contributed by atoms with Gasteiger partial charge in [0.2, 0.25) is 10.0 Å². The number of likely N-dealkylation sites (tertiary alicyclic amines) is 1. The van der Waals surface area contributed by atoms with Crippen molar-refractivity contribution < 1.29 is 17.9 Å². The summed E-state index contributed by atoms with van der Waals surface area (Å²) < 4.78 is 32.8. The lowest BCUT2D eigenvalue weighted by molar-refractivity contribution is 0.0787. The summed E-state index contributed by atoms with van der Waals surface area (Å²) in [5, 5.41) is 3.13. The summed E-state index contributed by atoms with van der Waals surface area (Å²) in [5.74, 6) is 0.499. The monoisotopic (exact) mass is 369 g/mol. The van der Waals surface area contributed by atoms with Crippen molar-refractivity contribution >= 4 is 15.9 Å². The Bertz CT molecular complexity index is 719. The molecule has 1 atom stereocenters. The van der Waals surface area contributed by atoms with E-state index in [1.807, 2.05) is 7.05 Å². The number of carbonyl (C=O) groups excluding carboxylic acids is 1. The molecule has 1 aliphatic heterocycles. The van der Waals surface area contributed by atoms with Crippen LogP contribution in [0.25, 0.3) is 0 Å². The largest absolute Gasteiger partial charge is 0.495 e. The van der Waals surface area contributed by atoms with Crippen LogP contribution in [0.3, 0.4) is 0 Å². The maximum absolute atomic E-state index is 12.7. The topological polar surface area (TPSA) is 87.7 Å². The Balaban J connectivity index is 2.28. The van der Waals surface area contributed by atoms with Crippen molar-refractivity contribution in [3.05, 3.63) is 23.8 Å². The molecule has 1 aromatic rings. The molecule has 0 bridgehead atoms. The first-order valence-electron chi connectivity index (χ1n) is 8.42. The number of carbonyl (C=O) groups is 1. The third-order valence-corrected chi connectivity index (χ3v) is 5.84. The Morgan fingerprint density at radius 3 is 2.72 bits per heavy atom. The standard InChI is InChI=1S/C17H27N3O4S/c1-12(2)19-25(22,23)16-9-14(5-6-15(16)24-4)17(21)20-8-7-13(11-20)10-18-3/h5-6,9,12-13,18-19H,7-8,10-11H2,1-4H3. The molecule has 0 radical (unpaired) electrons. The fourth-order valence-electron chi connectivity index (χ4n) is 3.05. The fraction of sp³-hybridized carbons (Fsp3) is 0.588. The van der Waals surface area contributed by atoms with Crippen molar-refractivity contribution in [3.8, 4) is 5.75 Å². The molecule has 25 heavy (non-hydrogen) atoms. The maximum atomic E-state index is 12.7. The summed E-state index contributed by atoms with van der Waals surface area (Å²) in [5.41, 5.74) is 0.357. The number of hydrogen-bond donors (Lipinski definition) is 2. The van der Waals surface area contributed by atoms with Gasteiger partial charge in [0.15, 0.2) is 0 Å². The lowest BCUT2D eigenvalue weighted by atomic mass is 10.1. The van der Waals surface area contributed by atoms with Gasteiger partial charge in [-0.05, 0) is 58.0 Å². The highest BCUT2D eigenvalue weighted by atomic mass is 32.2. The van der Waals surface area contributed by atoms with Crippen LogP contribution in [0, 0.1) is 5.92 Å². The van der Waals surface area contributed by atoms with Crippen molar-refractivity contribution in [2.24, 2.45) is 5.92 Å². The van der Waals surface area contributed by atoms with E-state index in [0.29, 0.717) is 24.6 Å². The number of nitrogens with one attached hydrogen (secondary N) is 2. The number of rotatable bonds is 7. The van der Waals surface area contributed by atoms with Crippen LogP contribution in [-0.2, 0) is 10.0 Å². The molecule has 1 fully saturated rings. The van der Waals surface area contributed by atoms with E-state index in [1.54, 1.807) is 24.8 Å². The van der Waals surface area contributed by atoms with Gasteiger partial charge in [-0.15, -0.1) is 0 Å². The number of methoxy groups -OCH3 is 1. The summed E-state index contributed by atoms with van der Waals surface area (Å²) in [7, 11) is -0.451. The van der Waals surface area contributed by atoms with Gasteiger partial charge in [-0.2, -0.15) is 0 Å².